The zero-order chi connectivity index (χ0) is 21.0. The number of hydrogen-bond acceptors (Lipinski definition) is 6. The number of carbonyl (C=O) groups is 1. The van der Waals surface area contributed by atoms with Crippen LogP contribution in [0.3, 0.4) is 0 Å². The Hall–Kier alpha value is -1.29. The monoisotopic (exact) mass is 452 g/mol. The lowest BCUT2D eigenvalue weighted by atomic mass is 9.96. The Labute approximate surface area is 186 Å². The van der Waals surface area contributed by atoms with E-state index in [9.17, 15) is 10.0 Å². The van der Waals surface area contributed by atoms with E-state index < -0.39 is 16.9 Å². The van der Waals surface area contributed by atoms with Crippen LogP contribution in [-0.4, -0.2) is 55.1 Å². The Bertz CT molecular complexity index is 763. The van der Waals surface area contributed by atoms with Crippen molar-refractivity contribution in [3.05, 3.63) is 29.8 Å². The Kier molecular flexibility index (Phi) is 7.47. The van der Waals surface area contributed by atoms with Crippen LogP contribution in [0.2, 0.25) is 0 Å². The van der Waals surface area contributed by atoms with E-state index in [1.807, 2.05) is 44.4 Å². The van der Waals surface area contributed by atoms with Gasteiger partial charge in [0.1, 0.15) is 0 Å². The van der Waals surface area contributed by atoms with E-state index in [0.29, 0.717) is 4.32 Å². The summed E-state index contributed by atoms with van der Waals surface area (Å²) in [5.41, 5.74) is 0.926. The summed E-state index contributed by atoms with van der Waals surface area (Å²) in [5.74, 6) is 0. The molecular formula is C20H28N4O2S3. The summed E-state index contributed by atoms with van der Waals surface area (Å²) in [6.07, 6.45) is 8.38. The van der Waals surface area contributed by atoms with Crippen LogP contribution in [0.5, 0.6) is 0 Å². The Morgan fingerprint density at radius 2 is 2.00 bits per heavy atom. The molecule has 0 aromatic heterocycles. The van der Waals surface area contributed by atoms with E-state index in [1.165, 1.54) is 23.1 Å². The van der Waals surface area contributed by atoms with Crippen LogP contribution in [0.4, 0.5) is 4.79 Å². The van der Waals surface area contributed by atoms with E-state index in [2.05, 4.69) is 10.4 Å². The molecule has 2 amide bonds. The molecule has 29 heavy (non-hydrogen) atoms. The third-order valence-corrected chi connectivity index (χ3v) is 7.49. The maximum atomic E-state index is 12.7. The molecule has 0 radical (unpaired) electrons. The molecule has 2 fully saturated rings. The first-order chi connectivity index (χ1) is 13.8. The van der Waals surface area contributed by atoms with Gasteiger partial charge in [-0.3, -0.25) is 5.21 Å². The van der Waals surface area contributed by atoms with Crippen LogP contribution in [0.25, 0.3) is 0 Å². The normalized spacial score (nSPS) is 22.3. The molecule has 1 aromatic rings. The second kappa shape index (κ2) is 9.68. The largest absolute Gasteiger partial charge is 0.343 e. The van der Waals surface area contributed by atoms with Gasteiger partial charge in [0.05, 0.1) is 11.0 Å². The number of amides is 2. The molecule has 9 heteroatoms. The molecule has 6 nitrogen and oxygen atoms in total. The van der Waals surface area contributed by atoms with Crippen LogP contribution in [-0.2, 0) is 0 Å². The van der Waals surface area contributed by atoms with Crippen molar-refractivity contribution < 1.29 is 10.0 Å². The molecule has 1 unspecified atom stereocenters. The van der Waals surface area contributed by atoms with Crippen LogP contribution in [0.1, 0.15) is 51.5 Å². The number of rotatable bonds is 5. The minimum Gasteiger partial charge on any atom is -0.333 e. The van der Waals surface area contributed by atoms with Gasteiger partial charge in [-0.2, -0.15) is 10.2 Å². The highest BCUT2D eigenvalue weighted by Crippen LogP contribution is 2.42. The molecule has 1 atom stereocenters. The third kappa shape index (κ3) is 5.45. The first-order valence-corrected chi connectivity index (χ1v) is 12.3. The molecule has 1 aliphatic heterocycles. The van der Waals surface area contributed by atoms with Crippen LogP contribution >= 0.6 is 35.7 Å². The molecule has 1 aromatic carbocycles. The van der Waals surface area contributed by atoms with Crippen molar-refractivity contribution in [1.29, 1.82) is 0 Å². The van der Waals surface area contributed by atoms with Crippen molar-refractivity contribution in [2.24, 2.45) is 5.10 Å². The number of nitrogens with zero attached hydrogens (tertiary/aromatic N) is 3. The highest BCUT2D eigenvalue weighted by Gasteiger charge is 2.50. The van der Waals surface area contributed by atoms with Gasteiger partial charge in [0, 0.05) is 10.9 Å². The summed E-state index contributed by atoms with van der Waals surface area (Å²) in [7, 11) is 0. The smallest absolute Gasteiger partial charge is 0.333 e. The number of thiocarbonyl (C=S) groups is 1. The molecule has 158 valence electrons. The maximum Gasteiger partial charge on any atom is 0.343 e. The lowest BCUT2D eigenvalue weighted by Crippen LogP contribution is -2.57. The molecule has 1 saturated heterocycles. The standard InChI is InChI=1S/C20H28N4O2S3/c1-20(2)17(24(26)18(25)22-15-7-5-4-6-8-15)23(19(27)29-20)21-13-14-9-11-16(28-3)12-10-14/h9-13,15,17,26H,4-8H2,1-3H3,(H,22,25)/b21-13+. The molecule has 0 bridgehead atoms. The van der Waals surface area contributed by atoms with Gasteiger partial charge >= 0.3 is 6.03 Å². The predicted octanol–water partition coefficient (Wildman–Crippen LogP) is 4.91. The lowest BCUT2D eigenvalue weighted by Gasteiger charge is -2.35. The maximum absolute atomic E-state index is 12.7. The highest BCUT2D eigenvalue weighted by molar-refractivity contribution is 8.24. The van der Waals surface area contributed by atoms with Crippen LogP contribution in [0.15, 0.2) is 34.3 Å². The third-order valence-electron chi connectivity index (χ3n) is 5.21. The summed E-state index contributed by atoms with van der Waals surface area (Å²) in [6.45, 7) is 3.91. The molecule has 0 spiro atoms. The Morgan fingerprint density at radius 1 is 1.34 bits per heavy atom. The first kappa shape index (κ1) is 22.4. The van der Waals surface area contributed by atoms with E-state index in [1.54, 1.807) is 23.0 Å². The number of benzene rings is 1. The van der Waals surface area contributed by atoms with Crippen molar-refractivity contribution in [2.45, 2.75) is 67.8 Å². The van der Waals surface area contributed by atoms with Gasteiger partial charge in [0.2, 0.25) is 0 Å². The molecule has 2 aliphatic rings. The minimum atomic E-state index is -0.690. The molecule has 3 rings (SSSR count). The number of hydrazone groups is 1. The van der Waals surface area contributed by atoms with Gasteiger partial charge in [-0.1, -0.05) is 55.4 Å². The van der Waals surface area contributed by atoms with Crippen molar-refractivity contribution >= 4 is 52.3 Å². The average molecular weight is 453 g/mol. The van der Waals surface area contributed by atoms with Gasteiger partial charge in [0.15, 0.2) is 10.5 Å². The summed E-state index contributed by atoms with van der Waals surface area (Å²) in [4.78, 5) is 13.9. The highest BCUT2D eigenvalue weighted by atomic mass is 32.2. The number of urea groups is 1. The predicted molar refractivity (Wildman–Crippen MR) is 125 cm³/mol. The van der Waals surface area contributed by atoms with Gasteiger partial charge in [-0.15, -0.1) is 11.8 Å². The molecule has 2 N–H and O–H groups in total. The summed E-state index contributed by atoms with van der Waals surface area (Å²) >= 11 is 8.60. The second-order valence-electron chi connectivity index (χ2n) is 7.84. The summed E-state index contributed by atoms with van der Waals surface area (Å²) in [5, 5.41) is 20.6. The van der Waals surface area contributed by atoms with E-state index in [4.69, 9.17) is 12.2 Å². The quantitative estimate of drug-likeness (QED) is 0.217. The van der Waals surface area contributed by atoms with E-state index in [0.717, 1.165) is 36.3 Å². The van der Waals surface area contributed by atoms with E-state index >= 15 is 0 Å². The van der Waals surface area contributed by atoms with Gasteiger partial charge in [0.25, 0.3) is 0 Å². The number of carbonyl (C=O) groups excluding carboxylic acids is 1. The number of hydrogen-bond donors (Lipinski definition) is 2. The average Bonchev–Trinajstić information content (AvgIpc) is 2.94. The number of nitrogens with one attached hydrogen (secondary N) is 1. The summed E-state index contributed by atoms with van der Waals surface area (Å²) < 4.78 is 0.0250. The van der Waals surface area contributed by atoms with Gasteiger partial charge < -0.3 is 5.32 Å². The van der Waals surface area contributed by atoms with Gasteiger partial charge in [-0.25, -0.2) is 9.80 Å². The van der Waals surface area contributed by atoms with Crippen molar-refractivity contribution in [2.75, 3.05) is 6.26 Å². The SMILES string of the molecule is CSc1ccc(/C=N/N2C(=S)SC(C)(C)C2N(O)C(=O)NC2CCCCC2)cc1. The Morgan fingerprint density at radius 3 is 2.62 bits per heavy atom. The van der Waals surface area contributed by atoms with E-state index in [-0.39, 0.29) is 6.04 Å². The Balaban J connectivity index is 1.74. The van der Waals surface area contributed by atoms with Crippen molar-refractivity contribution in [3.63, 3.8) is 0 Å². The zero-order valence-electron chi connectivity index (χ0n) is 17.0. The second-order valence-corrected chi connectivity index (χ2v) is 11.0. The number of hydroxylamine groups is 2. The molecular weight excluding hydrogens is 424 g/mol. The summed E-state index contributed by atoms with van der Waals surface area (Å²) in [6, 6.07) is 7.63. The fourth-order valence-electron chi connectivity index (χ4n) is 3.64. The molecule has 1 aliphatic carbocycles. The van der Waals surface area contributed by atoms with Gasteiger partial charge in [-0.05, 0) is 50.6 Å². The van der Waals surface area contributed by atoms with Crippen molar-refractivity contribution in [1.82, 2.24) is 15.4 Å². The van der Waals surface area contributed by atoms with Crippen LogP contribution in [0, 0.1) is 0 Å². The zero-order valence-corrected chi connectivity index (χ0v) is 19.4. The van der Waals surface area contributed by atoms with Crippen LogP contribution < -0.4 is 5.32 Å². The fourth-order valence-corrected chi connectivity index (χ4v) is 5.84. The molecule has 1 saturated carbocycles. The topological polar surface area (TPSA) is 68.2 Å². The first-order valence-electron chi connectivity index (χ1n) is 9.80. The lowest BCUT2D eigenvalue weighted by molar-refractivity contribution is -0.119. The minimum absolute atomic E-state index is 0.113. The number of thioether (sulfide) groups is 2. The molecule has 1 heterocycles. The van der Waals surface area contributed by atoms with Crippen molar-refractivity contribution in [3.8, 4) is 0 Å². The fraction of sp³-hybridized carbons (Fsp3) is 0.550.